The first-order valence-corrected chi connectivity index (χ1v) is 6.96. The molecule has 106 valence electrons. The molecule has 1 aliphatic rings. The molecule has 0 radical (unpaired) electrons. The first-order valence-electron chi connectivity index (χ1n) is 6.96. The van der Waals surface area contributed by atoms with Crippen LogP contribution in [0.25, 0.3) is 0 Å². The zero-order chi connectivity index (χ0) is 13.8. The molecule has 1 rings (SSSR count). The van der Waals surface area contributed by atoms with E-state index in [1.807, 2.05) is 13.8 Å². The second kappa shape index (κ2) is 6.53. The molecule has 18 heavy (non-hydrogen) atoms. The van der Waals surface area contributed by atoms with Crippen molar-refractivity contribution in [3.63, 3.8) is 0 Å². The third kappa shape index (κ3) is 4.58. The van der Waals surface area contributed by atoms with Gasteiger partial charge in [0.15, 0.2) is 0 Å². The van der Waals surface area contributed by atoms with Gasteiger partial charge in [-0.2, -0.15) is 0 Å². The summed E-state index contributed by atoms with van der Waals surface area (Å²) in [7, 11) is 0. The molecule has 0 heterocycles. The fraction of sp³-hybridized carbons (Fsp3) is 0.929. The van der Waals surface area contributed by atoms with Crippen LogP contribution in [0.15, 0.2) is 0 Å². The van der Waals surface area contributed by atoms with Gasteiger partial charge in [-0.25, -0.2) is 0 Å². The average molecular weight is 257 g/mol. The molecule has 1 saturated carbocycles. The highest BCUT2D eigenvalue weighted by molar-refractivity contribution is 5.78. The van der Waals surface area contributed by atoms with Gasteiger partial charge in [0.1, 0.15) is 5.54 Å². The van der Waals surface area contributed by atoms with E-state index < -0.39 is 11.5 Å². The van der Waals surface area contributed by atoms with Gasteiger partial charge >= 0.3 is 5.97 Å². The van der Waals surface area contributed by atoms with Gasteiger partial charge in [0, 0.05) is 6.04 Å². The molecule has 0 aliphatic heterocycles. The van der Waals surface area contributed by atoms with E-state index in [9.17, 15) is 9.90 Å². The third-order valence-electron chi connectivity index (χ3n) is 3.65. The van der Waals surface area contributed by atoms with E-state index in [1.54, 1.807) is 6.92 Å². The van der Waals surface area contributed by atoms with Gasteiger partial charge < -0.3 is 9.84 Å². The van der Waals surface area contributed by atoms with Crippen LogP contribution in [0.3, 0.4) is 0 Å². The molecule has 0 aromatic carbocycles. The summed E-state index contributed by atoms with van der Waals surface area (Å²) in [5.41, 5.74) is -0.989. The van der Waals surface area contributed by atoms with E-state index in [4.69, 9.17) is 4.74 Å². The number of nitrogens with one attached hydrogen (secondary N) is 1. The molecule has 1 unspecified atom stereocenters. The van der Waals surface area contributed by atoms with Gasteiger partial charge in [0.2, 0.25) is 0 Å². The van der Waals surface area contributed by atoms with Crippen molar-refractivity contribution in [2.75, 3.05) is 6.61 Å². The standard InChI is InChI=1S/C14H27NO3/c1-10(2)15-14(4,13(16)17)9-18-12-7-5-11(3)6-8-12/h10-12,15H,5-9H2,1-4H3,(H,16,17). The highest BCUT2D eigenvalue weighted by Gasteiger charge is 2.35. The van der Waals surface area contributed by atoms with Gasteiger partial charge in [0.25, 0.3) is 0 Å². The lowest BCUT2D eigenvalue weighted by molar-refractivity contribution is -0.148. The zero-order valence-corrected chi connectivity index (χ0v) is 12.0. The highest BCUT2D eigenvalue weighted by atomic mass is 16.5. The Morgan fingerprint density at radius 3 is 2.39 bits per heavy atom. The summed E-state index contributed by atoms with van der Waals surface area (Å²) in [5.74, 6) is -0.0649. The second-order valence-corrected chi connectivity index (χ2v) is 6.13. The minimum absolute atomic E-state index is 0.126. The molecule has 4 heteroatoms. The lowest BCUT2D eigenvalue weighted by atomic mass is 9.89. The summed E-state index contributed by atoms with van der Waals surface area (Å²) < 4.78 is 5.82. The Labute approximate surface area is 110 Å². The fourth-order valence-electron chi connectivity index (χ4n) is 2.48. The molecule has 2 N–H and O–H groups in total. The minimum Gasteiger partial charge on any atom is -0.480 e. The SMILES string of the molecule is CC1CCC(OCC(C)(NC(C)C)C(=O)O)CC1. The molecule has 0 aromatic rings. The maximum absolute atomic E-state index is 11.3. The van der Waals surface area contributed by atoms with Crippen LogP contribution in [0.2, 0.25) is 0 Å². The van der Waals surface area contributed by atoms with E-state index in [0.717, 1.165) is 18.8 Å². The van der Waals surface area contributed by atoms with Gasteiger partial charge in [-0.05, 0) is 52.4 Å². The molecule has 1 atom stereocenters. The minimum atomic E-state index is -0.989. The molecule has 1 fully saturated rings. The monoisotopic (exact) mass is 257 g/mol. The van der Waals surface area contributed by atoms with E-state index in [1.165, 1.54) is 12.8 Å². The Morgan fingerprint density at radius 1 is 1.39 bits per heavy atom. The maximum atomic E-state index is 11.3. The lowest BCUT2D eigenvalue weighted by Crippen LogP contribution is -2.56. The quantitative estimate of drug-likeness (QED) is 0.767. The Kier molecular flexibility index (Phi) is 5.60. The Bertz CT molecular complexity index is 272. The summed E-state index contributed by atoms with van der Waals surface area (Å²) in [5, 5.41) is 12.4. The fourth-order valence-corrected chi connectivity index (χ4v) is 2.48. The predicted molar refractivity (Wildman–Crippen MR) is 71.7 cm³/mol. The van der Waals surface area contributed by atoms with Gasteiger partial charge in [0.05, 0.1) is 12.7 Å². The number of carboxylic acid groups (broad SMARTS) is 1. The zero-order valence-electron chi connectivity index (χ0n) is 12.0. The van der Waals surface area contributed by atoms with Crippen molar-refractivity contribution in [3.05, 3.63) is 0 Å². The van der Waals surface area contributed by atoms with Crippen LogP contribution in [0.1, 0.15) is 53.4 Å². The van der Waals surface area contributed by atoms with Crippen LogP contribution in [-0.2, 0) is 9.53 Å². The van der Waals surface area contributed by atoms with Crippen LogP contribution in [0, 0.1) is 5.92 Å². The summed E-state index contributed by atoms with van der Waals surface area (Å²) in [6.45, 7) is 8.09. The summed E-state index contributed by atoms with van der Waals surface area (Å²) in [4.78, 5) is 11.3. The normalized spacial score (nSPS) is 28.1. The third-order valence-corrected chi connectivity index (χ3v) is 3.65. The van der Waals surface area contributed by atoms with Gasteiger partial charge in [-0.1, -0.05) is 6.92 Å². The Hall–Kier alpha value is -0.610. The van der Waals surface area contributed by atoms with Gasteiger partial charge in [-0.15, -0.1) is 0 Å². The number of carboxylic acids is 1. The van der Waals surface area contributed by atoms with Crippen LogP contribution in [0.5, 0.6) is 0 Å². The average Bonchev–Trinajstić information content (AvgIpc) is 2.27. The van der Waals surface area contributed by atoms with E-state index in [0.29, 0.717) is 0 Å². The van der Waals surface area contributed by atoms with E-state index >= 15 is 0 Å². The smallest absolute Gasteiger partial charge is 0.326 e. The van der Waals surface area contributed by atoms with E-state index in [2.05, 4.69) is 12.2 Å². The lowest BCUT2D eigenvalue weighted by Gasteiger charge is -2.32. The first kappa shape index (κ1) is 15.4. The molecule has 0 spiro atoms. The molecule has 1 aliphatic carbocycles. The topological polar surface area (TPSA) is 58.6 Å². The van der Waals surface area contributed by atoms with Crippen molar-refractivity contribution in [2.24, 2.45) is 5.92 Å². The second-order valence-electron chi connectivity index (χ2n) is 6.13. The number of aliphatic carboxylic acids is 1. The summed E-state index contributed by atoms with van der Waals surface area (Å²) >= 11 is 0. The predicted octanol–water partition coefficient (Wildman–Crippen LogP) is 2.42. The Balaban J connectivity index is 2.45. The van der Waals surface area contributed by atoms with Gasteiger partial charge in [-0.3, -0.25) is 10.1 Å². The van der Waals surface area contributed by atoms with Crippen molar-refractivity contribution in [1.82, 2.24) is 5.32 Å². The van der Waals surface area contributed by atoms with Crippen LogP contribution in [0.4, 0.5) is 0 Å². The first-order chi connectivity index (χ1) is 8.33. The van der Waals surface area contributed by atoms with Crippen LogP contribution < -0.4 is 5.32 Å². The summed E-state index contributed by atoms with van der Waals surface area (Å²) in [6.07, 6.45) is 4.71. The van der Waals surface area contributed by atoms with Crippen molar-refractivity contribution in [1.29, 1.82) is 0 Å². The summed E-state index contributed by atoms with van der Waals surface area (Å²) in [6, 6.07) is 0.126. The van der Waals surface area contributed by atoms with Crippen LogP contribution in [-0.4, -0.2) is 35.4 Å². The molecule has 0 saturated heterocycles. The number of hydrogen-bond donors (Lipinski definition) is 2. The largest absolute Gasteiger partial charge is 0.480 e. The number of hydrogen-bond acceptors (Lipinski definition) is 3. The molecule has 0 amide bonds. The van der Waals surface area contributed by atoms with Crippen molar-refractivity contribution in [3.8, 4) is 0 Å². The maximum Gasteiger partial charge on any atom is 0.326 e. The molecular formula is C14H27NO3. The number of carbonyl (C=O) groups is 1. The van der Waals surface area contributed by atoms with Crippen molar-refractivity contribution in [2.45, 2.75) is 71.1 Å². The number of ether oxygens (including phenoxy) is 1. The molecular weight excluding hydrogens is 230 g/mol. The number of rotatable bonds is 6. The van der Waals surface area contributed by atoms with Crippen molar-refractivity contribution >= 4 is 5.97 Å². The van der Waals surface area contributed by atoms with Crippen molar-refractivity contribution < 1.29 is 14.6 Å². The highest BCUT2D eigenvalue weighted by Crippen LogP contribution is 2.26. The molecule has 0 aromatic heterocycles. The Morgan fingerprint density at radius 2 is 1.94 bits per heavy atom. The van der Waals surface area contributed by atoms with E-state index in [-0.39, 0.29) is 18.8 Å². The molecule has 4 nitrogen and oxygen atoms in total. The molecule has 0 bridgehead atoms. The van der Waals surface area contributed by atoms with Crippen LogP contribution >= 0.6 is 0 Å².